The third-order valence-corrected chi connectivity index (χ3v) is 13.4. The van der Waals surface area contributed by atoms with Gasteiger partial charge in [-0.3, -0.25) is 4.98 Å². The van der Waals surface area contributed by atoms with Gasteiger partial charge in [0.2, 0.25) is 0 Å². The molecule has 0 atom stereocenters. The molecule has 0 spiro atoms. The summed E-state index contributed by atoms with van der Waals surface area (Å²) in [5.41, 5.74) is 19.6. The Morgan fingerprint density at radius 1 is 0.219 bits per heavy atom. The van der Waals surface area contributed by atoms with Crippen LogP contribution < -0.4 is 0 Å². The quantitative estimate of drug-likeness (QED) is 0.153. The SMILES string of the molecule is c1ccc(-c2c3c(c(-c4ccccc4)c4cc(-c5cncc(-c6ccc7c(-c8ccccc8)c8ccccc8c(-c8ccccc8)c7c6)c5)ccc24)-c2cccc4cccc-3c24)cc1. The summed E-state index contributed by atoms with van der Waals surface area (Å²) in [5.74, 6) is 0. The van der Waals surface area contributed by atoms with Crippen LogP contribution in [-0.2, 0) is 0 Å². The van der Waals surface area contributed by atoms with Gasteiger partial charge in [0.25, 0.3) is 0 Å². The highest BCUT2D eigenvalue weighted by Crippen LogP contribution is 2.58. The molecule has 64 heavy (non-hydrogen) atoms. The summed E-state index contributed by atoms with van der Waals surface area (Å²) >= 11 is 0. The lowest BCUT2D eigenvalue weighted by atomic mass is 9.82. The predicted octanol–water partition coefficient (Wildman–Crippen LogP) is 17.3. The molecule has 0 fully saturated rings. The lowest BCUT2D eigenvalue weighted by Crippen LogP contribution is -1.94. The number of hydrogen-bond donors (Lipinski definition) is 0. The Kier molecular flexibility index (Phi) is 8.29. The summed E-state index contributed by atoms with van der Waals surface area (Å²) in [7, 11) is 0. The molecule has 0 radical (unpaired) electrons. The zero-order valence-electron chi connectivity index (χ0n) is 35.0. The molecule has 1 nitrogen and oxygen atoms in total. The van der Waals surface area contributed by atoms with Crippen LogP contribution in [0.1, 0.15) is 0 Å². The van der Waals surface area contributed by atoms with Crippen LogP contribution in [-0.4, -0.2) is 4.98 Å². The summed E-state index contributed by atoms with van der Waals surface area (Å²) in [6.45, 7) is 0. The van der Waals surface area contributed by atoms with Crippen LogP contribution in [0.3, 0.4) is 0 Å². The highest BCUT2D eigenvalue weighted by Gasteiger charge is 2.30. The number of benzene rings is 11. The minimum atomic E-state index is 1.08. The number of rotatable bonds is 6. The molecule has 296 valence electrons. The molecule has 1 heteroatoms. The maximum absolute atomic E-state index is 4.95. The second-order valence-electron chi connectivity index (χ2n) is 17.0. The standard InChI is InChI=1S/C63H39N/c1-5-17-40(18-6-1)57-49-27-13-14-28-50(49)58(41-19-7-2-8-20-41)55-36-45(31-33-51(55)57)47-35-48(39-64-38-47)46-32-34-52-56(37-46)61(44-23-11-4-12-24-44)63-54-30-16-26-42-25-15-29-53(59(42)54)62(63)60(52)43-21-9-3-10-22-43/h1-39H. The van der Waals surface area contributed by atoms with Gasteiger partial charge in [-0.2, -0.15) is 0 Å². The molecular weight excluding hydrogens is 771 g/mol. The molecule has 1 aliphatic rings. The number of hydrogen-bond acceptors (Lipinski definition) is 1. The van der Waals surface area contributed by atoms with Crippen molar-refractivity contribution in [2.75, 3.05) is 0 Å². The van der Waals surface area contributed by atoms with E-state index in [0.717, 1.165) is 22.3 Å². The van der Waals surface area contributed by atoms with Gasteiger partial charge < -0.3 is 0 Å². The van der Waals surface area contributed by atoms with Crippen LogP contribution in [0.4, 0.5) is 0 Å². The van der Waals surface area contributed by atoms with Crippen molar-refractivity contribution in [3.8, 4) is 89.0 Å². The zero-order valence-corrected chi connectivity index (χ0v) is 35.0. The van der Waals surface area contributed by atoms with Crippen molar-refractivity contribution in [3.05, 3.63) is 237 Å². The number of fused-ring (bicyclic) bond motifs is 6. The van der Waals surface area contributed by atoms with Crippen LogP contribution in [0, 0.1) is 0 Å². The first kappa shape index (κ1) is 36.3. The van der Waals surface area contributed by atoms with Gasteiger partial charge in [0.15, 0.2) is 0 Å². The monoisotopic (exact) mass is 809 g/mol. The predicted molar refractivity (Wildman–Crippen MR) is 271 cm³/mol. The largest absolute Gasteiger partial charge is 0.263 e. The van der Waals surface area contributed by atoms with Crippen molar-refractivity contribution in [1.29, 1.82) is 0 Å². The lowest BCUT2D eigenvalue weighted by molar-refractivity contribution is 1.33. The Hall–Kier alpha value is -8.39. The average molecular weight is 810 g/mol. The van der Waals surface area contributed by atoms with E-state index in [4.69, 9.17) is 4.98 Å². The van der Waals surface area contributed by atoms with E-state index in [-0.39, 0.29) is 0 Å². The van der Waals surface area contributed by atoms with Gasteiger partial charge in [-0.05, 0) is 139 Å². The fourth-order valence-electron chi connectivity index (χ4n) is 10.7. The molecule has 12 aromatic rings. The van der Waals surface area contributed by atoms with E-state index in [9.17, 15) is 0 Å². The molecule has 0 aliphatic heterocycles. The molecule has 0 bridgehead atoms. The molecule has 0 N–H and O–H groups in total. The summed E-state index contributed by atoms with van der Waals surface area (Å²) in [6, 6.07) is 82.4. The molecule has 1 aliphatic carbocycles. The highest BCUT2D eigenvalue weighted by atomic mass is 14.6. The van der Waals surface area contributed by atoms with E-state index in [2.05, 4.69) is 224 Å². The van der Waals surface area contributed by atoms with Gasteiger partial charge >= 0.3 is 0 Å². The molecule has 0 saturated heterocycles. The van der Waals surface area contributed by atoms with Gasteiger partial charge in [-0.25, -0.2) is 0 Å². The third-order valence-electron chi connectivity index (χ3n) is 13.4. The third kappa shape index (κ3) is 5.61. The number of aromatic nitrogens is 1. The van der Waals surface area contributed by atoms with E-state index < -0.39 is 0 Å². The van der Waals surface area contributed by atoms with Gasteiger partial charge in [0.1, 0.15) is 0 Å². The van der Waals surface area contributed by atoms with E-state index in [1.807, 2.05) is 12.4 Å². The van der Waals surface area contributed by atoms with Crippen LogP contribution >= 0.6 is 0 Å². The minimum Gasteiger partial charge on any atom is -0.263 e. The Bertz CT molecular complexity index is 3790. The van der Waals surface area contributed by atoms with E-state index in [1.165, 1.54) is 110 Å². The summed E-state index contributed by atoms with van der Waals surface area (Å²) in [4.78, 5) is 4.95. The summed E-state index contributed by atoms with van der Waals surface area (Å²) < 4.78 is 0. The van der Waals surface area contributed by atoms with Gasteiger partial charge in [0, 0.05) is 23.5 Å². The first-order valence-electron chi connectivity index (χ1n) is 22.1. The van der Waals surface area contributed by atoms with E-state index in [0.29, 0.717) is 0 Å². The Morgan fingerprint density at radius 3 is 1.08 bits per heavy atom. The van der Waals surface area contributed by atoms with Gasteiger partial charge in [-0.15, -0.1) is 0 Å². The maximum atomic E-state index is 4.95. The first-order chi connectivity index (χ1) is 31.8. The second kappa shape index (κ2) is 14.6. The number of nitrogens with zero attached hydrogens (tertiary/aromatic N) is 1. The van der Waals surface area contributed by atoms with Crippen molar-refractivity contribution in [3.63, 3.8) is 0 Å². The fraction of sp³-hybridized carbons (Fsp3) is 0. The minimum absolute atomic E-state index is 1.08. The molecule has 1 aromatic heterocycles. The molecule has 0 unspecified atom stereocenters. The first-order valence-corrected chi connectivity index (χ1v) is 22.1. The van der Waals surface area contributed by atoms with Crippen molar-refractivity contribution in [2.45, 2.75) is 0 Å². The van der Waals surface area contributed by atoms with E-state index in [1.54, 1.807) is 0 Å². The van der Waals surface area contributed by atoms with Crippen molar-refractivity contribution < 1.29 is 0 Å². The topological polar surface area (TPSA) is 12.9 Å². The Labute approximate surface area is 372 Å². The van der Waals surface area contributed by atoms with Crippen LogP contribution in [0.25, 0.3) is 132 Å². The smallest absolute Gasteiger partial charge is 0.0346 e. The van der Waals surface area contributed by atoms with Gasteiger partial charge in [0.05, 0.1) is 0 Å². The molecule has 0 saturated carbocycles. The normalized spacial score (nSPS) is 11.8. The Morgan fingerprint density at radius 2 is 0.594 bits per heavy atom. The van der Waals surface area contributed by atoms with Gasteiger partial charge in [-0.1, -0.05) is 206 Å². The molecule has 1 heterocycles. The Balaban J connectivity index is 1.04. The average Bonchev–Trinajstić information content (AvgIpc) is 3.70. The second-order valence-corrected chi connectivity index (χ2v) is 17.0. The summed E-state index contributed by atoms with van der Waals surface area (Å²) in [6.07, 6.45) is 4.03. The molecular formula is C63H39N. The maximum Gasteiger partial charge on any atom is 0.0346 e. The molecule has 0 amide bonds. The zero-order chi connectivity index (χ0) is 42.1. The highest BCUT2D eigenvalue weighted by molar-refractivity contribution is 6.28. The van der Waals surface area contributed by atoms with E-state index >= 15 is 0 Å². The number of pyridine rings is 1. The van der Waals surface area contributed by atoms with Crippen LogP contribution in [0.2, 0.25) is 0 Å². The van der Waals surface area contributed by atoms with Crippen molar-refractivity contribution >= 4 is 43.1 Å². The van der Waals surface area contributed by atoms with Crippen molar-refractivity contribution in [1.82, 2.24) is 4.98 Å². The fourth-order valence-corrected chi connectivity index (χ4v) is 10.7. The van der Waals surface area contributed by atoms with Crippen LogP contribution in [0.5, 0.6) is 0 Å². The summed E-state index contributed by atoms with van der Waals surface area (Å²) in [5, 5.41) is 10.0. The van der Waals surface area contributed by atoms with Crippen molar-refractivity contribution in [2.24, 2.45) is 0 Å². The molecule has 13 rings (SSSR count). The van der Waals surface area contributed by atoms with Crippen LogP contribution in [0.15, 0.2) is 237 Å². The lowest BCUT2D eigenvalue weighted by Gasteiger charge is -2.21. The molecule has 11 aromatic carbocycles.